The van der Waals surface area contributed by atoms with Crippen molar-refractivity contribution >= 4 is 12.6 Å². The fourth-order valence-electron chi connectivity index (χ4n) is 2.13. The first-order valence-corrected chi connectivity index (χ1v) is 6.72. The second kappa shape index (κ2) is 7.53. The van der Waals surface area contributed by atoms with E-state index in [1.807, 2.05) is 0 Å². The van der Waals surface area contributed by atoms with Gasteiger partial charge in [0.1, 0.15) is 0 Å². The lowest BCUT2D eigenvalue weighted by Gasteiger charge is -2.26. The van der Waals surface area contributed by atoms with Gasteiger partial charge in [-0.2, -0.15) is 12.6 Å². The molecule has 0 radical (unpaired) electrons. The second-order valence-electron chi connectivity index (χ2n) is 4.53. The average molecular weight is 232 g/mol. The van der Waals surface area contributed by atoms with Gasteiger partial charge in [-0.05, 0) is 25.0 Å². The van der Waals surface area contributed by atoms with Crippen molar-refractivity contribution in [3.63, 3.8) is 0 Å². The molecule has 0 aliphatic heterocycles. The molecule has 2 nitrogen and oxygen atoms in total. The highest BCUT2D eigenvalue weighted by Crippen LogP contribution is 2.39. The van der Waals surface area contributed by atoms with Crippen LogP contribution in [0.5, 0.6) is 0 Å². The van der Waals surface area contributed by atoms with Gasteiger partial charge in [0.2, 0.25) is 0 Å². The molecule has 0 aromatic carbocycles. The van der Waals surface area contributed by atoms with E-state index in [4.69, 9.17) is 9.47 Å². The molecule has 0 heterocycles. The van der Waals surface area contributed by atoms with Crippen LogP contribution in [0.4, 0.5) is 0 Å². The first kappa shape index (κ1) is 13.3. The minimum absolute atomic E-state index is 0.369. The minimum atomic E-state index is 0.369. The van der Waals surface area contributed by atoms with Crippen LogP contribution in [0.15, 0.2) is 0 Å². The molecule has 0 unspecified atom stereocenters. The van der Waals surface area contributed by atoms with Crippen LogP contribution < -0.4 is 0 Å². The van der Waals surface area contributed by atoms with Gasteiger partial charge in [0.25, 0.3) is 0 Å². The average Bonchev–Trinajstić information content (AvgIpc) is 2.73. The minimum Gasteiger partial charge on any atom is -0.379 e. The van der Waals surface area contributed by atoms with Gasteiger partial charge in [-0.25, -0.2) is 0 Å². The zero-order valence-corrected chi connectivity index (χ0v) is 10.7. The molecule has 1 saturated carbocycles. The Bertz CT molecular complexity index is 156. The van der Waals surface area contributed by atoms with E-state index in [9.17, 15) is 0 Å². The molecule has 0 atom stereocenters. The van der Waals surface area contributed by atoms with Gasteiger partial charge in [0, 0.05) is 12.0 Å². The summed E-state index contributed by atoms with van der Waals surface area (Å²) in [7, 11) is 0. The second-order valence-corrected chi connectivity index (χ2v) is 4.85. The van der Waals surface area contributed by atoms with E-state index < -0.39 is 0 Å². The zero-order valence-electron chi connectivity index (χ0n) is 9.83. The van der Waals surface area contributed by atoms with Crippen LogP contribution in [0.3, 0.4) is 0 Å². The molecule has 0 spiro atoms. The lowest BCUT2D eigenvalue weighted by atomic mass is 9.90. The summed E-state index contributed by atoms with van der Waals surface area (Å²) < 4.78 is 11.1. The maximum Gasteiger partial charge on any atom is 0.0700 e. The molecule has 1 aliphatic rings. The molecular weight excluding hydrogens is 208 g/mol. The van der Waals surface area contributed by atoms with E-state index >= 15 is 0 Å². The summed E-state index contributed by atoms with van der Waals surface area (Å²) in [6.45, 7) is 5.30. The first-order chi connectivity index (χ1) is 7.33. The van der Waals surface area contributed by atoms with Crippen LogP contribution in [0.2, 0.25) is 0 Å². The maximum atomic E-state index is 5.68. The third-order valence-corrected chi connectivity index (χ3v) is 3.80. The summed E-state index contributed by atoms with van der Waals surface area (Å²) in [6, 6.07) is 0. The Morgan fingerprint density at radius 3 is 2.33 bits per heavy atom. The highest BCUT2D eigenvalue weighted by molar-refractivity contribution is 7.80. The summed E-state index contributed by atoms with van der Waals surface area (Å²) in [5.74, 6) is 0.961. The molecule has 0 amide bonds. The normalized spacial score (nSPS) is 19.6. The fraction of sp³-hybridized carbons (Fsp3) is 1.00. The van der Waals surface area contributed by atoms with E-state index in [1.54, 1.807) is 0 Å². The molecule has 90 valence electrons. The Kier molecular flexibility index (Phi) is 6.69. The van der Waals surface area contributed by atoms with Gasteiger partial charge in [-0.1, -0.05) is 19.8 Å². The number of hydrogen-bond acceptors (Lipinski definition) is 3. The van der Waals surface area contributed by atoms with E-state index in [0.29, 0.717) is 5.41 Å². The largest absolute Gasteiger partial charge is 0.379 e. The lowest BCUT2D eigenvalue weighted by Crippen LogP contribution is -2.26. The molecule has 0 saturated heterocycles. The third kappa shape index (κ3) is 4.75. The van der Waals surface area contributed by atoms with Crippen molar-refractivity contribution in [2.75, 3.05) is 32.2 Å². The summed E-state index contributed by atoms with van der Waals surface area (Å²) in [5.41, 5.74) is 0.369. The molecule has 0 N–H and O–H groups in total. The van der Waals surface area contributed by atoms with Gasteiger partial charge in [0.05, 0.1) is 19.8 Å². The molecule has 1 fully saturated rings. The molecule has 3 heteroatoms. The van der Waals surface area contributed by atoms with E-state index in [2.05, 4.69) is 19.6 Å². The van der Waals surface area contributed by atoms with Crippen LogP contribution in [0.25, 0.3) is 0 Å². The predicted molar refractivity (Wildman–Crippen MR) is 66.7 cm³/mol. The fourth-order valence-corrected chi connectivity index (χ4v) is 2.53. The Labute approximate surface area is 99.1 Å². The smallest absolute Gasteiger partial charge is 0.0700 e. The predicted octanol–water partition coefficient (Wildman–Crippen LogP) is 2.92. The monoisotopic (exact) mass is 232 g/mol. The van der Waals surface area contributed by atoms with E-state index in [0.717, 1.165) is 38.6 Å². The molecule has 0 aromatic rings. The van der Waals surface area contributed by atoms with Crippen LogP contribution in [-0.4, -0.2) is 32.2 Å². The molecule has 15 heavy (non-hydrogen) atoms. The first-order valence-electron chi connectivity index (χ1n) is 6.09. The van der Waals surface area contributed by atoms with Crippen molar-refractivity contribution in [3.8, 4) is 0 Å². The Morgan fingerprint density at radius 2 is 1.73 bits per heavy atom. The zero-order chi connectivity index (χ0) is 11.0. The van der Waals surface area contributed by atoms with Crippen molar-refractivity contribution in [1.82, 2.24) is 0 Å². The molecule has 1 aliphatic carbocycles. The van der Waals surface area contributed by atoms with Gasteiger partial charge in [-0.3, -0.25) is 0 Å². The number of hydrogen-bond donors (Lipinski definition) is 1. The number of rotatable bonds is 8. The quantitative estimate of drug-likeness (QED) is 0.512. The standard InChI is InChI=1S/C12H24O2S/c1-2-7-13-8-9-14-10-12(11-15)5-3-4-6-12/h15H,2-11H2,1H3. The summed E-state index contributed by atoms with van der Waals surface area (Å²) >= 11 is 4.45. The number of thiol groups is 1. The number of ether oxygens (including phenoxy) is 2. The van der Waals surface area contributed by atoms with Gasteiger partial charge < -0.3 is 9.47 Å². The highest BCUT2D eigenvalue weighted by atomic mass is 32.1. The van der Waals surface area contributed by atoms with Crippen molar-refractivity contribution < 1.29 is 9.47 Å². The Balaban J connectivity index is 2.02. The van der Waals surface area contributed by atoms with Crippen molar-refractivity contribution in [1.29, 1.82) is 0 Å². The lowest BCUT2D eigenvalue weighted by molar-refractivity contribution is 0.0133. The van der Waals surface area contributed by atoms with E-state index in [1.165, 1.54) is 25.7 Å². The third-order valence-electron chi connectivity index (χ3n) is 3.13. The topological polar surface area (TPSA) is 18.5 Å². The van der Waals surface area contributed by atoms with Crippen molar-refractivity contribution in [2.45, 2.75) is 39.0 Å². The molecular formula is C12H24O2S. The highest BCUT2D eigenvalue weighted by Gasteiger charge is 2.32. The Hall–Kier alpha value is 0.270. The van der Waals surface area contributed by atoms with Crippen LogP contribution >= 0.6 is 12.6 Å². The van der Waals surface area contributed by atoms with Crippen molar-refractivity contribution in [3.05, 3.63) is 0 Å². The van der Waals surface area contributed by atoms with Crippen LogP contribution in [0.1, 0.15) is 39.0 Å². The molecule has 0 aromatic heterocycles. The maximum absolute atomic E-state index is 5.68. The SMILES string of the molecule is CCCOCCOCC1(CS)CCCC1. The van der Waals surface area contributed by atoms with Gasteiger partial charge in [0.15, 0.2) is 0 Å². The van der Waals surface area contributed by atoms with Gasteiger partial charge in [-0.15, -0.1) is 0 Å². The van der Waals surface area contributed by atoms with Crippen molar-refractivity contribution in [2.24, 2.45) is 5.41 Å². The van der Waals surface area contributed by atoms with Gasteiger partial charge >= 0.3 is 0 Å². The van der Waals surface area contributed by atoms with Crippen LogP contribution in [-0.2, 0) is 9.47 Å². The Morgan fingerprint density at radius 1 is 1.07 bits per heavy atom. The summed E-state index contributed by atoms with van der Waals surface area (Å²) in [6.07, 6.45) is 6.34. The van der Waals surface area contributed by atoms with E-state index in [-0.39, 0.29) is 0 Å². The summed E-state index contributed by atoms with van der Waals surface area (Å²) in [5, 5.41) is 0. The molecule has 1 rings (SSSR count). The summed E-state index contributed by atoms with van der Waals surface area (Å²) in [4.78, 5) is 0. The molecule has 0 bridgehead atoms. The van der Waals surface area contributed by atoms with Crippen LogP contribution in [0, 0.1) is 5.41 Å².